The van der Waals surface area contributed by atoms with Gasteiger partial charge in [0, 0.05) is 12.2 Å². The molecule has 0 aliphatic carbocycles. The number of nitrogens with one attached hydrogen (secondary N) is 1. The molecule has 33 heavy (non-hydrogen) atoms. The number of halogens is 1. The summed E-state index contributed by atoms with van der Waals surface area (Å²) in [4.78, 5) is 30.3. The quantitative estimate of drug-likeness (QED) is 0.315. The van der Waals surface area contributed by atoms with Crippen molar-refractivity contribution in [1.29, 1.82) is 0 Å². The highest BCUT2D eigenvalue weighted by molar-refractivity contribution is 7.99. The number of thioether (sulfide) groups is 1. The van der Waals surface area contributed by atoms with E-state index in [1.807, 2.05) is 31.2 Å². The van der Waals surface area contributed by atoms with Gasteiger partial charge in [-0.1, -0.05) is 23.9 Å². The van der Waals surface area contributed by atoms with Crippen LogP contribution in [0.1, 0.15) is 12.5 Å². The maximum atomic E-state index is 13.2. The number of ether oxygens (including phenoxy) is 1. The maximum absolute atomic E-state index is 13.2. The zero-order valence-corrected chi connectivity index (χ0v) is 18.9. The van der Waals surface area contributed by atoms with Crippen molar-refractivity contribution >= 4 is 34.4 Å². The molecule has 0 radical (unpaired) electrons. The minimum absolute atomic E-state index is 0.0276. The number of rotatable bonds is 8. The molecule has 2 heterocycles. The van der Waals surface area contributed by atoms with E-state index in [1.165, 1.54) is 28.8 Å². The zero-order valence-electron chi connectivity index (χ0n) is 18.1. The molecule has 0 atom stereocenters. The Balaban J connectivity index is 1.61. The molecule has 0 bridgehead atoms. The Morgan fingerprint density at radius 3 is 2.55 bits per heavy atom. The van der Waals surface area contributed by atoms with Crippen LogP contribution in [0.3, 0.4) is 0 Å². The molecule has 0 spiro atoms. The molecule has 0 aliphatic heterocycles. The Labute approximate surface area is 193 Å². The van der Waals surface area contributed by atoms with Crippen molar-refractivity contribution in [1.82, 2.24) is 19.3 Å². The third-order valence-corrected chi connectivity index (χ3v) is 5.90. The summed E-state index contributed by atoms with van der Waals surface area (Å²) < 4.78 is 21.5. The van der Waals surface area contributed by atoms with Gasteiger partial charge in [-0.25, -0.2) is 9.37 Å². The molecule has 0 aliphatic rings. The van der Waals surface area contributed by atoms with Gasteiger partial charge in [0.2, 0.25) is 5.91 Å². The number of hydrogen-bond acceptors (Lipinski definition) is 6. The van der Waals surface area contributed by atoms with E-state index in [4.69, 9.17) is 4.74 Å². The minimum atomic E-state index is -0.380. The second-order valence-electron chi connectivity index (χ2n) is 7.20. The lowest BCUT2D eigenvalue weighted by Crippen LogP contribution is -2.25. The van der Waals surface area contributed by atoms with Crippen molar-refractivity contribution in [2.45, 2.75) is 25.2 Å². The standard InChI is InChI=1S/C23H22FN5O3S/c1-3-28-13-19-21(27-28)22(31)29(12-15-4-10-18(32-2)11-5-15)23(26-19)33-14-20(30)25-17-8-6-16(24)7-9-17/h4-11,13H,3,12,14H2,1-2H3,(H,25,30). The molecule has 8 nitrogen and oxygen atoms in total. The first kappa shape index (κ1) is 22.5. The average molecular weight is 468 g/mol. The van der Waals surface area contributed by atoms with Crippen LogP contribution in [0.5, 0.6) is 5.75 Å². The molecule has 1 amide bonds. The van der Waals surface area contributed by atoms with Crippen molar-refractivity contribution in [3.05, 3.63) is 76.5 Å². The summed E-state index contributed by atoms with van der Waals surface area (Å²) in [5, 5.41) is 7.47. The largest absolute Gasteiger partial charge is 0.497 e. The van der Waals surface area contributed by atoms with Gasteiger partial charge in [0.05, 0.1) is 25.6 Å². The molecule has 170 valence electrons. The van der Waals surface area contributed by atoms with Crippen LogP contribution in [0.25, 0.3) is 11.0 Å². The lowest BCUT2D eigenvalue weighted by molar-refractivity contribution is -0.113. The van der Waals surface area contributed by atoms with E-state index >= 15 is 0 Å². The molecule has 0 fully saturated rings. The molecule has 10 heteroatoms. The normalized spacial score (nSPS) is 11.0. The second-order valence-corrected chi connectivity index (χ2v) is 8.14. The minimum Gasteiger partial charge on any atom is -0.497 e. The van der Waals surface area contributed by atoms with Crippen LogP contribution in [-0.2, 0) is 17.9 Å². The maximum Gasteiger partial charge on any atom is 0.282 e. The number of aryl methyl sites for hydroxylation is 1. The first-order valence-electron chi connectivity index (χ1n) is 10.3. The van der Waals surface area contributed by atoms with E-state index in [0.29, 0.717) is 28.7 Å². The topological polar surface area (TPSA) is 91.0 Å². The Morgan fingerprint density at radius 2 is 1.88 bits per heavy atom. The van der Waals surface area contributed by atoms with Gasteiger partial charge in [0.15, 0.2) is 10.7 Å². The molecule has 2 aromatic carbocycles. The fourth-order valence-corrected chi connectivity index (χ4v) is 4.01. The molecule has 2 aromatic heterocycles. The fourth-order valence-electron chi connectivity index (χ4n) is 3.21. The average Bonchev–Trinajstić information content (AvgIpc) is 3.25. The van der Waals surface area contributed by atoms with Gasteiger partial charge in [-0.2, -0.15) is 5.10 Å². The SMILES string of the molecule is CCn1cc2nc(SCC(=O)Nc3ccc(F)cc3)n(Cc3ccc(OC)cc3)c(=O)c2n1. The second kappa shape index (κ2) is 9.86. The number of hydrogen-bond donors (Lipinski definition) is 1. The van der Waals surface area contributed by atoms with Crippen molar-refractivity contribution in [3.8, 4) is 5.75 Å². The smallest absolute Gasteiger partial charge is 0.282 e. The number of carbonyl (C=O) groups is 1. The first-order chi connectivity index (χ1) is 16.0. The lowest BCUT2D eigenvalue weighted by atomic mass is 10.2. The van der Waals surface area contributed by atoms with Gasteiger partial charge in [-0.05, 0) is 48.9 Å². The highest BCUT2D eigenvalue weighted by Gasteiger charge is 2.16. The summed E-state index contributed by atoms with van der Waals surface area (Å²) in [6, 6.07) is 12.9. The van der Waals surface area contributed by atoms with Crippen LogP contribution >= 0.6 is 11.8 Å². The van der Waals surface area contributed by atoms with Crippen molar-refractivity contribution in [2.24, 2.45) is 0 Å². The van der Waals surface area contributed by atoms with Crippen molar-refractivity contribution < 1.29 is 13.9 Å². The summed E-state index contributed by atoms with van der Waals surface area (Å²) >= 11 is 1.15. The van der Waals surface area contributed by atoms with E-state index in [0.717, 1.165) is 17.3 Å². The van der Waals surface area contributed by atoms with Gasteiger partial charge in [0.25, 0.3) is 5.56 Å². The van der Waals surface area contributed by atoms with Gasteiger partial charge >= 0.3 is 0 Å². The van der Waals surface area contributed by atoms with Crippen LogP contribution in [0, 0.1) is 5.82 Å². The summed E-state index contributed by atoms with van der Waals surface area (Å²) in [6.07, 6.45) is 1.72. The van der Waals surface area contributed by atoms with Crippen LogP contribution in [0.4, 0.5) is 10.1 Å². The number of fused-ring (bicyclic) bond motifs is 1. The highest BCUT2D eigenvalue weighted by atomic mass is 32.2. The number of nitrogens with zero attached hydrogens (tertiary/aromatic N) is 4. The highest BCUT2D eigenvalue weighted by Crippen LogP contribution is 2.20. The molecule has 1 N–H and O–H groups in total. The van der Waals surface area contributed by atoms with Gasteiger partial charge in [0.1, 0.15) is 17.1 Å². The summed E-state index contributed by atoms with van der Waals surface area (Å²) in [6.45, 7) is 2.81. The van der Waals surface area contributed by atoms with Gasteiger partial charge in [-0.15, -0.1) is 0 Å². The van der Waals surface area contributed by atoms with E-state index in [-0.39, 0.29) is 35.1 Å². The summed E-state index contributed by atoms with van der Waals surface area (Å²) in [5.41, 5.74) is 1.86. The Hall–Kier alpha value is -3.66. The van der Waals surface area contributed by atoms with Gasteiger partial charge < -0.3 is 10.1 Å². The number of benzene rings is 2. The van der Waals surface area contributed by atoms with E-state index < -0.39 is 0 Å². The number of carbonyl (C=O) groups excluding carboxylic acids is 1. The number of amides is 1. The monoisotopic (exact) mass is 467 g/mol. The third kappa shape index (κ3) is 5.23. The molecular formula is C23H22FN5O3S. The number of anilines is 1. The molecular weight excluding hydrogens is 445 g/mol. The van der Waals surface area contributed by atoms with E-state index in [9.17, 15) is 14.0 Å². The molecule has 4 rings (SSSR count). The first-order valence-corrected chi connectivity index (χ1v) is 11.2. The van der Waals surface area contributed by atoms with Gasteiger partial charge in [-0.3, -0.25) is 18.8 Å². The molecule has 0 saturated carbocycles. The number of methoxy groups -OCH3 is 1. The summed E-state index contributed by atoms with van der Waals surface area (Å²) in [7, 11) is 1.59. The van der Waals surface area contributed by atoms with Crippen LogP contribution in [0.15, 0.2) is 64.7 Å². The van der Waals surface area contributed by atoms with Crippen LogP contribution in [-0.4, -0.2) is 38.1 Å². The lowest BCUT2D eigenvalue weighted by Gasteiger charge is -2.12. The Kier molecular flexibility index (Phi) is 6.74. The molecule has 0 saturated heterocycles. The molecule has 0 unspecified atom stereocenters. The predicted molar refractivity (Wildman–Crippen MR) is 125 cm³/mol. The zero-order chi connectivity index (χ0) is 23.4. The Morgan fingerprint density at radius 1 is 1.15 bits per heavy atom. The van der Waals surface area contributed by atoms with Crippen molar-refractivity contribution in [3.63, 3.8) is 0 Å². The number of aromatic nitrogens is 4. The van der Waals surface area contributed by atoms with Crippen molar-refractivity contribution in [2.75, 3.05) is 18.2 Å². The fraction of sp³-hybridized carbons (Fsp3) is 0.217. The van der Waals surface area contributed by atoms with E-state index in [1.54, 1.807) is 18.0 Å². The van der Waals surface area contributed by atoms with Crippen LogP contribution in [0.2, 0.25) is 0 Å². The Bertz CT molecular complexity index is 1330. The summed E-state index contributed by atoms with van der Waals surface area (Å²) in [5.74, 6) is 0.0736. The molecule has 4 aromatic rings. The van der Waals surface area contributed by atoms with Crippen LogP contribution < -0.4 is 15.6 Å². The van der Waals surface area contributed by atoms with E-state index in [2.05, 4.69) is 15.4 Å². The third-order valence-electron chi connectivity index (χ3n) is 4.92. The predicted octanol–water partition coefficient (Wildman–Crippen LogP) is 3.54.